The number of carbonyl (C=O) groups excluding carboxylic acids is 1. The van der Waals surface area contributed by atoms with E-state index in [4.69, 9.17) is 0 Å². The van der Waals surface area contributed by atoms with E-state index in [1.807, 2.05) is 18.4 Å². The Labute approximate surface area is 144 Å². The third-order valence-electron chi connectivity index (χ3n) is 3.96. The highest BCUT2D eigenvalue weighted by Crippen LogP contribution is 2.28. The molecule has 1 amide bonds. The molecule has 8 heteroatoms. The van der Waals surface area contributed by atoms with E-state index in [0.29, 0.717) is 30.1 Å². The molecule has 23 heavy (non-hydrogen) atoms. The molecule has 1 aliphatic heterocycles. The molecule has 0 aliphatic carbocycles. The lowest BCUT2D eigenvalue weighted by molar-refractivity contribution is -0.124. The molecule has 0 radical (unpaired) electrons. The van der Waals surface area contributed by atoms with Crippen molar-refractivity contribution in [3.05, 3.63) is 39.4 Å². The molecular formula is C15H18N2O3S3. The first-order valence-electron chi connectivity index (χ1n) is 7.36. The van der Waals surface area contributed by atoms with E-state index < -0.39 is 16.1 Å². The van der Waals surface area contributed by atoms with Gasteiger partial charge in [0.15, 0.2) is 0 Å². The maximum Gasteiger partial charge on any atom is 0.253 e. The Bertz CT molecular complexity index is 781. The molecule has 1 aliphatic rings. The number of sulfonamides is 1. The summed E-state index contributed by atoms with van der Waals surface area (Å²) in [6.07, 6.45) is 1.28. The Morgan fingerprint density at radius 1 is 1.35 bits per heavy atom. The molecule has 3 heterocycles. The standard InChI is InChI=1S/C15H18N2O3S3/c1-11-6-9-21-13(11)10-16-15(18)12-4-2-7-17(12)23(19,20)14-5-3-8-22-14/h3,5-6,8-9,12H,2,4,7,10H2,1H3,(H,16,18). The molecule has 1 fully saturated rings. The number of nitrogens with zero attached hydrogens (tertiary/aromatic N) is 1. The summed E-state index contributed by atoms with van der Waals surface area (Å²) >= 11 is 2.78. The van der Waals surface area contributed by atoms with Crippen molar-refractivity contribution in [2.45, 2.75) is 36.6 Å². The summed E-state index contributed by atoms with van der Waals surface area (Å²) in [6, 6.07) is 4.70. The SMILES string of the molecule is Cc1ccsc1CNC(=O)C1CCCN1S(=O)(=O)c1cccs1. The summed E-state index contributed by atoms with van der Waals surface area (Å²) in [6.45, 7) is 2.85. The number of nitrogens with one attached hydrogen (secondary N) is 1. The van der Waals surface area contributed by atoms with Crippen LogP contribution in [0.15, 0.2) is 33.2 Å². The van der Waals surface area contributed by atoms with Crippen molar-refractivity contribution < 1.29 is 13.2 Å². The average molecular weight is 371 g/mol. The topological polar surface area (TPSA) is 66.5 Å². The molecule has 1 atom stereocenters. The van der Waals surface area contributed by atoms with Gasteiger partial charge in [-0.1, -0.05) is 6.07 Å². The van der Waals surface area contributed by atoms with E-state index in [-0.39, 0.29) is 5.91 Å². The van der Waals surface area contributed by atoms with E-state index in [2.05, 4.69) is 5.32 Å². The number of thiophene rings is 2. The molecule has 124 valence electrons. The van der Waals surface area contributed by atoms with E-state index in [1.165, 1.54) is 15.6 Å². The first-order valence-corrected chi connectivity index (χ1v) is 10.6. The van der Waals surface area contributed by atoms with Crippen molar-refractivity contribution >= 4 is 38.6 Å². The van der Waals surface area contributed by atoms with Crippen LogP contribution in [0.3, 0.4) is 0 Å². The zero-order valence-electron chi connectivity index (χ0n) is 12.7. The fraction of sp³-hybridized carbons (Fsp3) is 0.400. The quantitative estimate of drug-likeness (QED) is 0.880. The van der Waals surface area contributed by atoms with Crippen LogP contribution in [0.1, 0.15) is 23.3 Å². The number of amides is 1. The number of hydrogen-bond acceptors (Lipinski definition) is 5. The largest absolute Gasteiger partial charge is 0.350 e. The van der Waals surface area contributed by atoms with Gasteiger partial charge in [-0.3, -0.25) is 4.79 Å². The minimum atomic E-state index is -3.58. The van der Waals surface area contributed by atoms with Crippen molar-refractivity contribution in [1.82, 2.24) is 9.62 Å². The summed E-state index contributed by atoms with van der Waals surface area (Å²) in [5.74, 6) is -0.213. The van der Waals surface area contributed by atoms with Gasteiger partial charge >= 0.3 is 0 Å². The second-order valence-corrected chi connectivity index (χ2v) is 9.52. The van der Waals surface area contributed by atoms with Crippen LogP contribution in [0.5, 0.6) is 0 Å². The summed E-state index contributed by atoms with van der Waals surface area (Å²) in [7, 11) is -3.58. The number of carbonyl (C=O) groups is 1. The fourth-order valence-corrected chi connectivity index (χ4v) is 6.31. The minimum Gasteiger partial charge on any atom is -0.350 e. The molecule has 5 nitrogen and oxygen atoms in total. The third kappa shape index (κ3) is 3.35. The van der Waals surface area contributed by atoms with Crippen LogP contribution in [0.25, 0.3) is 0 Å². The minimum absolute atomic E-state index is 0.213. The van der Waals surface area contributed by atoms with Gasteiger partial charge < -0.3 is 5.32 Å². The molecule has 0 spiro atoms. The van der Waals surface area contributed by atoms with Gasteiger partial charge in [0.05, 0.1) is 6.54 Å². The van der Waals surface area contributed by atoms with Crippen molar-refractivity contribution in [3.8, 4) is 0 Å². The molecule has 3 rings (SSSR count). The maximum absolute atomic E-state index is 12.7. The van der Waals surface area contributed by atoms with E-state index >= 15 is 0 Å². The molecule has 0 aromatic carbocycles. The lowest BCUT2D eigenvalue weighted by Crippen LogP contribution is -2.45. The van der Waals surface area contributed by atoms with Crippen molar-refractivity contribution in [3.63, 3.8) is 0 Å². The fourth-order valence-electron chi connectivity index (χ4n) is 2.69. The van der Waals surface area contributed by atoms with Gasteiger partial charge in [0.1, 0.15) is 10.3 Å². The Morgan fingerprint density at radius 2 is 2.17 bits per heavy atom. The summed E-state index contributed by atoms with van der Waals surface area (Å²) in [5, 5.41) is 6.60. The lowest BCUT2D eigenvalue weighted by Gasteiger charge is -2.22. The lowest BCUT2D eigenvalue weighted by atomic mass is 10.2. The molecule has 2 aromatic rings. The van der Waals surface area contributed by atoms with E-state index in [0.717, 1.165) is 10.4 Å². The zero-order chi connectivity index (χ0) is 16.4. The zero-order valence-corrected chi connectivity index (χ0v) is 15.1. The summed E-state index contributed by atoms with van der Waals surface area (Å²) in [4.78, 5) is 13.6. The van der Waals surface area contributed by atoms with Gasteiger partial charge in [-0.15, -0.1) is 22.7 Å². The molecule has 1 unspecified atom stereocenters. The average Bonchev–Trinajstić information content (AvgIpc) is 3.26. The van der Waals surface area contributed by atoms with E-state index in [9.17, 15) is 13.2 Å². The number of aryl methyl sites for hydroxylation is 1. The van der Waals surface area contributed by atoms with Gasteiger partial charge in [-0.2, -0.15) is 4.31 Å². The van der Waals surface area contributed by atoms with Crippen LogP contribution < -0.4 is 5.32 Å². The second-order valence-electron chi connectivity index (χ2n) is 5.45. The molecule has 0 bridgehead atoms. The Kier molecular flexibility index (Phi) is 4.86. The third-order valence-corrected chi connectivity index (χ3v) is 8.26. The summed E-state index contributed by atoms with van der Waals surface area (Å²) in [5.41, 5.74) is 1.14. The number of hydrogen-bond donors (Lipinski definition) is 1. The van der Waals surface area contributed by atoms with Crippen LogP contribution >= 0.6 is 22.7 Å². The highest BCUT2D eigenvalue weighted by molar-refractivity contribution is 7.91. The highest BCUT2D eigenvalue weighted by atomic mass is 32.2. The Morgan fingerprint density at radius 3 is 2.83 bits per heavy atom. The normalized spacial score (nSPS) is 19.1. The van der Waals surface area contributed by atoms with Crippen molar-refractivity contribution in [2.75, 3.05) is 6.54 Å². The maximum atomic E-state index is 12.7. The van der Waals surface area contributed by atoms with Gasteiger partial charge in [-0.05, 0) is 48.2 Å². The van der Waals surface area contributed by atoms with Crippen molar-refractivity contribution in [1.29, 1.82) is 0 Å². The highest BCUT2D eigenvalue weighted by Gasteiger charge is 2.39. The van der Waals surface area contributed by atoms with Gasteiger partial charge in [0.2, 0.25) is 5.91 Å². The van der Waals surface area contributed by atoms with Crippen LogP contribution in [0.4, 0.5) is 0 Å². The van der Waals surface area contributed by atoms with Gasteiger partial charge in [0, 0.05) is 11.4 Å². The Balaban J connectivity index is 1.71. The molecule has 0 saturated carbocycles. The predicted octanol–water partition coefficient (Wildman–Crippen LogP) is 2.59. The van der Waals surface area contributed by atoms with Crippen LogP contribution in [0.2, 0.25) is 0 Å². The second kappa shape index (κ2) is 6.72. The summed E-state index contributed by atoms with van der Waals surface area (Å²) < 4.78 is 27.0. The van der Waals surface area contributed by atoms with Crippen molar-refractivity contribution in [2.24, 2.45) is 0 Å². The van der Waals surface area contributed by atoms with E-state index in [1.54, 1.807) is 28.8 Å². The first-order chi connectivity index (χ1) is 11.0. The smallest absolute Gasteiger partial charge is 0.253 e. The molecule has 2 aromatic heterocycles. The first kappa shape index (κ1) is 16.6. The number of rotatable bonds is 5. The van der Waals surface area contributed by atoms with Gasteiger partial charge in [-0.25, -0.2) is 8.42 Å². The van der Waals surface area contributed by atoms with Gasteiger partial charge in [0.25, 0.3) is 10.0 Å². The molecule has 1 saturated heterocycles. The van der Waals surface area contributed by atoms with Crippen LogP contribution in [-0.4, -0.2) is 31.2 Å². The molecular weight excluding hydrogens is 352 g/mol. The Hall–Kier alpha value is -1.22. The van der Waals surface area contributed by atoms with Crippen LogP contribution in [-0.2, 0) is 21.4 Å². The predicted molar refractivity (Wildman–Crippen MR) is 92.1 cm³/mol. The van der Waals surface area contributed by atoms with Crippen LogP contribution in [0, 0.1) is 6.92 Å². The molecule has 1 N–H and O–H groups in total. The monoisotopic (exact) mass is 370 g/mol.